The second-order valence-electron chi connectivity index (χ2n) is 9.88. The highest BCUT2D eigenvalue weighted by Crippen LogP contribution is 2.30. The van der Waals surface area contributed by atoms with Crippen molar-refractivity contribution < 1.29 is 9.53 Å². The first kappa shape index (κ1) is 24.1. The number of nitrogens with zero attached hydrogens (tertiary/aromatic N) is 4. The summed E-state index contributed by atoms with van der Waals surface area (Å²) in [5, 5.41) is 7.51. The maximum Gasteiger partial charge on any atom is 0.258 e. The molecule has 0 spiro atoms. The second-order valence-corrected chi connectivity index (χ2v) is 9.88. The molecule has 0 atom stereocenters. The number of carbonyl (C=O) groups is 1. The summed E-state index contributed by atoms with van der Waals surface area (Å²) in [6.07, 6.45) is 3.84. The summed E-state index contributed by atoms with van der Waals surface area (Å²) in [4.78, 5) is 28.8. The average molecular weight is 507 g/mol. The van der Waals surface area contributed by atoms with E-state index in [1.807, 2.05) is 54.7 Å². The number of amides is 1. The van der Waals surface area contributed by atoms with Crippen LogP contribution in [-0.2, 0) is 11.3 Å². The molecule has 6 rings (SSSR count). The van der Waals surface area contributed by atoms with Crippen molar-refractivity contribution in [2.24, 2.45) is 4.99 Å². The van der Waals surface area contributed by atoms with Crippen LogP contribution in [0, 0.1) is 0 Å². The predicted molar refractivity (Wildman–Crippen MR) is 150 cm³/mol. The molecule has 3 aromatic carbocycles. The van der Waals surface area contributed by atoms with E-state index in [4.69, 9.17) is 14.7 Å². The largest absolute Gasteiger partial charge is 0.484 e. The van der Waals surface area contributed by atoms with Gasteiger partial charge in [0.2, 0.25) is 0 Å². The molecule has 8 nitrogen and oxygen atoms in total. The summed E-state index contributed by atoms with van der Waals surface area (Å²) < 4.78 is 5.84. The molecule has 1 saturated heterocycles. The molecule has 2 aliphatic rings. The van der Waals surface area contributed by atoms with Gasteiger partial charge in [-0.3, -0.25) is 9.79 Å². The van der Waals surface area contributed by atoms with Crippen molar-refractivity contribution in [3.8, 4) is 17.1 Å². The number of piperidine rings is 1. The Bertz CT molecular complexity index is 1510. The summed E-state index contributed by atoms with van der Waals surface area (Å²) in [5.74, 6) is 1.81. The first-order chi connectivity index (χ1) is 18.6. The SMILES string of the molecule is CN1CCC(NC(=O)COc2cccc(-c3nc(Nc4ccc5c(c4)C=NC5)c4ccccc4n3)c2)CC1. The Labute approximate surface area is 221 Å². The van der Waals surface area contributed by atoms with Gasteiger partial charge in [-0.05, 0) is 80.5 Å². The number of hydrogen-bond acceptors (Lipinski definition) is 7. The smallest absolute Gasteiger partial charge is 0.258 e. The monoisotopic (exact) mass is 506 g/mol. The van der Waals surface area contributed by atoms with Crippen LogP contribution in [0.15, 0.2) is 71.7 Å². The molecule has 4 aromatic rings. The zero-order chi connectivity index (χ0) is 25.9. The van der Waals surface area contributed by atoms with Crippen LogP contribution < -0.4 is 15.4 Å². The van der Waals surface area contributed by atoms with Crippen LogP contribution in [0.1, 0.15) is 24.0 Å². The summed E-state index contributed by atoms with van der Waals surface area (Å²) in [5.41, 5.74) is 4.94. The number of aliphatic imine (C=N–C) groups is 1. The standard InChI is InChI=1S/C30H30N6O2/c1-36-13-11-23(12-14-36)32-28(37)19-38-25-6-4-5-20(16-25)29-34-27-8-3-2-7-26(27)30(35-29)33-24-10-9-21-17-31-18-22(21)15-24/h2-10,15-16,18,23H,11-14,17,19H2,1H3,(H,32,37)(H,33,34,35). The lowest BCUT2D eigenvalue weighted by Crippen LogP contribution is -2.44. The van der Waals surface area contributed by atoms with E-state index in [0.29, 0.717) is 11.6 Å². The maximum absolute atomic E-state index is 12.5. The normalized spacial score (nSPS) is 15.4. The van der Waals surface area contributed by atoms with Gasteiger partial charge in [0, 0.05) is 28.9 Å². The zero-order valence-corrected chi connectivity index (χ0v) is 21.4. The third kappa shape index (κ3) is 5.35. The number of ether oxygens (including phenoxy) is 1. The summed E-state index contributed by atoms with van der Waals surface area (Å²) in [6.45, 7) is 2.70. The fourth-order valence-electron chi connectivity index (χ4n) is 4.91. The van der Waals surface area contributed by atoms with Crippen LogP contribution >= 0.6 is 0 Å². The molecule has 2 aliphatic heterocycles. The van der Waals surface area contributed by atoms with Crippen molar-refractivity contribution >= 4 is 34.5 Å². The average Bonchev–Trinajstić information content (AvgIpc) is 3.41. The lowest BCUT2D eigenvalue weighted by molar-refractivity contribution is -0.124. The molecule has 1 amide bonds. The van der Waals surface area contributed by atoms with Crippen LogP contribution in [0.25, 0.3) is 22.3 Å². The Morgan fingerprint density at radius 1 is 1.03 bits per heavy atom. The van der Waals surface area contributed by atoms with Gasteiger partial charge >= 0.3 is 0 Å². The number of benzene rings is 3. The molecule has 1 fully saturated rings. The molecular weight excluding hydrogens is 476 g/mol. The number of para-hydroxylation sites is 1. The Hall–Kier alpha value is -4.30. The van der Waals surface area contributed by atoms with E-state index >= 15 is 0 Å². The van der Waals surface area contributed by atoms with Gasteiger partial charge in [0.05, 0.1) is 12.1 Å². The van der Waals surface area contributed by atoms with Gasteiger partial charge in [0.1, 0.15) is 11.6 Å². The van der Waals surface area contributed by atoms with Gasteiger partial charge in [-0.25, -0.2) is 9.97 Å². The summed E-state index contributed by atoms with van der Waals surface area (Å²) in [6, 6.07) is 22.0. The quantitative estimate of drug-likeness (QED) is 0.382. The van der Waals surface area contributed by atoms with Crippen LogP contribution in [0.5, 0.6) is 5.75 Å². The number of fused-ring (bicyclic) bond motifs is 2. The minimum Gasteiger partial charge on any atom is -0.484 e. The van der Waals surface area contributed by atoms with Crippen molar-refractivity contribution in [1.82, 2.24) is 20.2 Å². The molecule has 8 heteroatoms. The van der Waals surface area contributed by atoms with E-state index in [0.717, 1.165) is 66.0 Å². The molecule has 192 valence electrons. The lowest BCUT2D eigenvalue weighted by atomic mass is 10.1. The van der Waals surface area contributed by atoms with Crippen LogP contribution in [0.4, 0.5) is 11.5 Å². The highest BCUT2D eigenvalue weighted by Gasteiger charge is 2.19. The van der Waals surface area contributed by atoms with Gasteiger partial charge in [0.25, 0.3) is 5.91 Å². The Kier molecular flexibility index (Phi) is 6.71. The van der Waals surface area contributed by atoms with E-state index in [2.05, 4.69) is 45.8 Å². The number of anilines is 2. The van der Waals surface area contributed by atoms with Crippen molar-refractivity contribution in [3.63, 3.8) is 0 Å². The van der Waals surface area contributed by atoms with E-state index in [9.17, 15) is 4.79 Å². The summed E-state index contributed by atoms with van der Waals surface area (Å²) in [7, 11) is 2.11. The number of nitrogens with one attached hydrogen (secondary N) is 2. The van der Waals surface area contributed by atoms with Gasteiger partial charge < -0.3 is 20.3 Å². The molecule has 0 radical (unpaired) electrons. The van der Waals surface area contributed by atoms with Crippen LogP contribution in [-0.4, -0.2) is 59.8 Å². The molecule has 3 heterocycles. The fraction of sp³-hybridized carbons (Fsp3) is 0.267. The van der Waals surface area contributed by atoms with E-state index < -0.39 is 0 Å². The number of carbonyl (C=O) groups excluding carboxylic acids is 1. The van der Waals surface area contributed by atoms with Gasteiger partial charge in [0.15, 0.2) is 12.4 Å². The van der Waals surface area contributed by atoms with Crippen molar-refractivity contribution in [2.45, 2.75) is 25.4 Å². The van der Waals surface area contributed by atoms with Crippen LogP contribution in [0.3, 0.4) is 0 Å². The van der Waals surface area contributed by atoms with Gasteiger partial charge in [-0.2, -0.15) is 0 Å². The summed E-state index contributed by atoms with van der Waals surface area (Å²) >= 11 is 0. The Morgan fingerprint density at radius 2 is 1.89 bits per heavy atom. The van der Waals surface area contributed by atoms with E-state index in [-0.39, 0.29) is 18.6 Å². The number of aromatic nitrogens is 2. The highest BCUT2D eigenvalue weighted by molar-refractivity contribution is 5.93. The molecule has 0 bridgehead atoms. The highest BCUT2D eigenvalue weighted by atomic mass is 16.5. The van der Waals surface area contributed by atoms with E-state index in [1.54, 1.807) is 0 Å². The second kappa shape index (κ2) is 10.6. The Morgan fingerprint density at radius 3 is 2.79 bits per heavy atom. The van der Waals surface area contributed by atoms with Gasteiger partial charge in [-0.15, -0.1) is 0 Å². The minimum absolute atomic E-state index is 0.0250. The Balaban J connectivity index is 1.20. The zero-order valence-electron chi connectivity index (χ0n) is 21.4. The number of likely N-dealkylation sites (tertiary alicyclic amines) is 1. The molecule has 1 aromatic heterocycles. The minimum atomic E-state index is -0.0993. The molecule has 0 aliphatic carbocycles. The topological polar surface area (TPSA) is 91.7 Å². The predicted octanol–water partition coefficient (Wildman–Crippen LogP) is 4.56. The van der Waals surface area contributed by atoms with Gasteiger partial charge in [-0.1, -0.05) is 30.3 Å². The molecular formula is C30H30N6O2. The number of rotatable bonds is 7. The van der Waals surface area contributed by atoms with Crippen molar-refractivity contribution in [3.05, 3.63) is 77.9 Å². The first-order valence-electron chi connectivity index (χ1n) is 13.0. The van der Waals surface area contributed by atoms with Crippen LogP contribution in [0.2, 0.25) is 0 Å². The molecule has 38 heavy (non-hydrogen) atoms. The molecule has 2 N–H and O–H groups in total. The van der Waals surface area contributed by atoms with Crippen molar-refractivity contribution in [1.29, 1.82) is 0 Å². The third-order valence-corrected chi connectivity index (χ3v) is 7.05. The molecule has 0 saturated carbocycles. The number of hydrogen-bond donors (Lipinski definition) is 2. The maximum atomic E-state index is 12.5. The fourth-order valence-corrected chi connectivity index (χ4v) is 4.91. The first-order valence-corrected chi connectivity index (χ1v) is 13.0. The lowest BCUT2D eigenvalue weighted by Gasteiger charge is -2.29. The van der Waals surface area contributed by atoms with E-state index in [1.165, 1.54) is 5.56 Å². The van der Waals surface area contributed by atoms with Crippen molar-refractivity contribution in [2.75, 3.05) is 32.1 Å². The third-order valence-electron chi connectivity index (χ3n) is 7.05. The molecule has 0 unspecified atom stereocenters.